The quantitative estimate of drug-likeness (QED) is 0.721. The largest absolute Gasteiger partial charge is 0.493 e. The van der Waals surface area contributed by atoms with Crippen molar-refractivity contribution in [2.24, 2.45) is 0 Å². The molecule has 2 nitrogen and oxygen atoms in total. The molecule has 0 amide bonds. The fraction of sp³-hybridized carbons (Fsp3) is 0.200. The average molecular weight is 418 g/mol. The zero-order chi connectivity index (χ0) is 14.1. The Morgan fingerprint density at radius 1 is 1.20 bits per heavy atom. The number of ether oxygens (including phenoxy) is 1. The van der Waals surface area contributed by atoms with E-state index in [1.54, 1.807) is 0 Å². The zero-order valence-electron chi connectivity index (χ0n) is 10.6. The summed E-state index contributed by atoms with van der Waals surface area (Å²) in [6.07, 6.45) is 0.979. The Morgan fingerprint density at radius 2 is 2.05 bits per heavy atom. The van der Waals surface area contributed by atoms with E-state index >= 15 is 0 Å². The summed E-state index contributed by atoms with van der Waals surface area (Å²) < 4.78 is 7.78. The van der Waals surface area contributed by atoms with Crippen molar-refractivity contribution in [2.45, 2.75) is 13.0 Å². The van der Waals surface area contributed by atoms with Gasteiger partial charge in [0.1, 0.15) is 5.75 Å². The predicted molar refractivity (Wildman–Crippen MR) is 89.8 cm³/mol. The molecule has 0 spiro atoms. The van der Waals surface area contributed by atoms with E-state index in [-0.39, 0.29) is 0 Å². The van der Waals surface area contributed by atoms with E-state index in [1.165, 1.54) is 5.56 Å². The van der Waals surface area contributed by atoms with Crippen LogP contribution in [0.2, 0.25) is 5.02 Å². The average Bonchev–Trinajstić information content (AvgIpc) is 2.85. The second-order valence-corrected chi connectivity index (χ2v) is 6.84. The minimum Gasteiger partial charge on any atom is -0.493 e. The van der Waals surface area contributed by atoms with Crippen LogP contribution in [0.3, 0.4) is 0 Å². The first-order valence-corrected chi connectivity index (χ1v) is 8.23. The third-order valence-electron chi connectivity index (χ3n) is 3.23. The standard InChI is InChI=1S/C15H12Br2ClNO/c16-11-5-9-3-4-20-15(9)10(6-11)8-19-14-2-1-12(18)7-13(14)17/h1-2,5-7,19H,3-4,8H2. The van der Waals surface area contributed by atoms with Crippen LogP contribution in [0.1, 0.15) is 11.1 Å². The summed E-state index contributed by atoms with van der Waals surface area (Å²) in [6.45, 7) is 1.48. The van der Waals surface area contributed by atoms with Gasteiger partial charge in [-0.05, 0) is 51.8 Å². The molecule has 5 heteroatoms. The lowest BCUT2D eigenvalue weighted by Gasteiger charge is -2.12. The third kappa shape index (κ3) is 2.97. The Kier molecular flexibility index (Phi) is 4.24. The lowest BCUT2D eigenvalue weighted by atomic mass is 10.1. The Hall–Kier alpha value is -0.710. The lowest BCUT2D eigenvalue weighted by molar-refractivity contribution is 0.354. The Balaban J connectivity index is 1.82. The number of rotatable bonds is 3. The molecule has 0 radical (unpaired) electrons. The van der Waals surface area contributed by atoms with Crippen LogP contribution in [0, 0.1) is 0 Å². The second kappa shape index (κ2) is 5.96. The highest BCUT2D eigenvalue weighted by molar-refractivity contribution is 9.10. The summed E-state index contributed by atoms with van der Waals surface area (Å²) in [5, 5.41) is 4.12. The van der Waals surface area contributed by atoms with Crippen LogP contribution >= 0.6 is 43.5 Å². The van der Waals surface area contributed by atoms with Crippen LogP contribution in [0.5, 0.6) is 5.75 Å². The molecular formula is C15H12Br2ClNO. The van der Waals surface area contributed by atoms with Crippen molar-refractivity contribution < 1.29 is 4.74 Å². The number of benzene rings is 2. The summed E-state index contributed by atoms with van der Waals surface area (Å²) in [6, 6.07) is 9.94. The van der Waals surface area contributed by atoms with E-state index in [0.717, 1.165) is 39.0 Å². The van der Waals surface area contributed by atoms with Crippen LogP contribution in [0.15, 0.2) is 39.3 Å². The Morgan fingerprint density at radius 3 is 2.85 bits per heavy atom. The van der Waals surface area contributed by atoms with Gasteiger partial charge in [0.25, 0.3) is 0 Å². The van der Waals surface area contributed by atoms with Crippen molar-refractivity contribution in [2.75, 3.05) is 11.9 Å². The predicted octanol–water partition coefficient (Wildman–Crippen LogP) is 5.41. The highest BCUT2D eigenvalue weighted by Crippen LogP contribution is 2.34. The topological polar surface area (TPSA) is 21.3 Å². The Labute approximate surface area is 139 Å². The molecule has 0 atom stereocenters. The van der Waals surface area contributed by atoms with Crippen molar-refractivity contribution in [1.29, 1.82) is 0 Å². The van der Waals surface area contributed by atoms with Gasteiger partial charge in [0, 0.05) is 38.2 Å². The molecule has 0 saturated carbocycles. The fourth-order valence-electron chi connectivity index (χ4n) is 2.30. The van der Waals surface area contributed by atoms with Gasteiger partial charge in [-0.25, -0.2) is 0 Å². The van der Waals surface area contributed by atoms with Crippen molar-refractivity contribution in [3.8, 4) is 5.75 Å². The number of halogens is 3. The first-order chi connectivity index (χ1) is 9.63. The summed E-state index contributed by atoms with van der Waals surface area (Å²) in [5.74, 6) is 1.02. The van der Waals surface area contributed by atoms with Gasteiger partial charge in [-0.15, -0.1) is 0 Å². The maximum absolute atomic E-state index is 5.95. The lowest BCUT2D eigenvalue weighted by Crippen LogP contribution is -2.02. The molecule has 2 aromatic rings. The molecule has 0 bridgehead atoms. The van der Waals surface area contributed by atoms with E-state index in [0.29, 0.717) is 11.6 Å². The highest BCUT2D eigenvalue weighted by atomic mass is 79.9. The van der Waals surface area contributed by atoms with Crippen molar-refractivity contribution >= 4 is 49.1 Å². The van der Waals surface area contributed by atoms with Gasteiger partial charge >= 0.3 is 0 Å². The van der Waals surface area contributed by atoms with Crippen LogP contribution in [-0.2, 0) is 13.0 Å². The minimum absolute atomic E-state index is 0.710. The van der Waals surface area contributed by atoms with Gasteiger partial charge in [-0.2, -0.15) is 0 Å². The van der Waals surface area contributed by atoms with Gasteiger partial charge in [0.05, 0.1) is 6.61 Å². The van der Waals surface area contributed by atoms with Gasteiger partial charge in [-0.1, -0.05) is 27.5 Å². The van der Waals surface area contributed by atoms with Crippen LogP contribution in [0.4, 0.5) is 5.69 Å². The van der Waals surface area contributed by atoms with E-state index in [2.05, 4.69) is 49.3 Å². The molecule has 20 heavy (non-hydrogen) atoms. The molecule has 104 valence electrons. The summed E-state index contributed by atoms with van der Waals surface area (Å²) >= 11 is 13.0. The molecule has 1 heterocycles. The number of anilines is 1. The van der Waals surface area contributed by atoms with E-state index in [9.17, 15) is 0 Å². The highest BCUT2D eigenvalue weighted by Gasteiger charge is 2.17. The fourth-order valence-corrected chi connectivity index (χ4v) is 3.68. The van der Waals surface area contributed by atoms with Crippen molar-refractivity contribution in [3.05, 3.63) is 55.4 Å². The number of nitrogens with one attached hydrogen (secondary N) is 1. The van der Waals surface area contributed by atoms with Crippen molar-refractivity contribution in [1.82, 2.24) is 0 Å². The van der Waals surface area contributed by atoms with Crippen molar-refractivity contribution in [3.63, 3.8) is 0 Å². The first-order valence-electron chi connectivity index (χ1n) is 6.26. The van der Waals surface area contributed by atoms with Crippen LogP contribution < -0.4 is 10.1 Å². The zero-order valence-corrected chi connectivity index (χ0v) is 14.5. The normalized spacial score (nSPS) is 12.9. The second-order valence-electron chi connectivity index (χ2n) is 4.63. The number of fused-ring (bicyclic) bond motifs is 1. The molecule has 0 aliphatic carbocycles. The van der Waals surface area contributed by atoms with Gasteiger partial charge < -0.3 is 10.1 Å². The summed E-state index contributed by atoms with van der Waals surface area (Å²) in [7, 11) is 0. The van der Waals surface area contributed by atoms with Gasteiger partial charge in [0.2, 0.25) is 0 Å². The molecule has 2 aromatic carbocycles. The third-order valence-corrected chi connectivity index (χ3v) is 4.57. The van der Waals surface area contributed by atoms with Gasteiger partial charge in [-0.3, -0.25) is 0 Å². The molecular weight excluding hydrogens is 405 g/mol. The summed E-state index contributed by atoms with van der Waals surface area (Å²) in [4.78, 5) is 0. The van der Waals surface area contributed by atoms with Crippen LogP contribution in [0.25, 0.3) is 0 Å². The maximum atomic E-state index is 5.95. The molecule has 1 aliphatic heterocycles. The SMILES string of the molecule is Clc1ccc(NCc2cc(Br)cc3c2OCC3)c(Br)c1. The molecule has 1 N–H and O–H groups in total. The van der Waals surface area contributed by atoms with Gasteiger partial charge in [0.15, 0.2) is 0 Å². The minimum atomic E-state index is 0.710. The molecule has 3 rings (SSSR count). The molecule has 0 unspecified atom stereocenters. The molecule has 1 aliphatic rings. The summed E-state index contributed by atoms with van der Waals surface area (Å²) in [5.41, 5.74) is 3.45. The monoisotopic (exact) mass is 415 g/mol. The van der Waals surface area contributed by atoms with E-state index in [4.69, 9.17) is 16.3 Å². The Bertz CT molecular complexity index is 661. The first kappa shape index (κ1) is 14.2. The number of hydrogen-bond acceptors (Lipinski definition) is 2. The molecule has 0 saturated heterocycles. The van der Waals surface area contributed by atoms with E-state index < -0.39 is 0 Å². The van der Waals surface area contributed by atoms with E-state index in [1.807, 2.05) is 18.2 Å². The molecule has 0 fully saturated rings. The maximum Gasteiger partial charge on any atom is 0.127 e. The number of hydrogen-bond donors (Lipinski definition) is 1. The van der Waals surface area contributed by atoms with Crippen LogP contribution in [-0.4, -0.2) is 6.61 Å². The smallest absolute Gasteiger partial charge is 0.127 e. The molecule has 0 aromatic heterocycles.